The molecule has 4 aromatic rings. The molecule has 1 amide bonds. The average molecular weight is 503 g/mol. The Labute approximate surface area is 205 Å². The van der Waals surface area contributed by atoms with Crippen LogP contribution < -0.4 is 10.1 Å². The van der Waals surface area contributed by atoms with Gasteiger partial charge in [-0.2, -0.15) is 0 Å². The van der Waals surface area contributed by atoms with Crippen LogP contribution in [0.25, 0.3) is 0 Å². The normalized spacial score (nSPS) is 10.9. The Balaban J connectivity index is 1.45. The molecule has 0 radical (unpaired) electrons. The molecule has 0 unspecified atom stereocenters. The van der Waals surface area contributed by atoms with Crippen molar-refractivity contribution in [3.63, 3.8) is 0 Å². The zero-order chi connectivity index (χ0) is 23.2. The van der Waals surface area contributed by atoms with Crippen molar-refractivity contribution in [2.24, 2.45) is 0 Å². The van der Waals surface area contributed by atoms with E-state index in [1.54, 1.807) is 42.7 Å². The Morgan fingerprint density at radius 2 is 1.94 bits per heavy atom. The van der Waals surface area contributed by atoms with Gasteiger partial charge in [-0.15, -0.1) is 10.2 Å². The number of amides is 1. The van der Waals surface area contributed by atoms with Crippen molar-refractivity contribution in [1.82, 2.24) is 14.8 Å². The predicted molar refractivity (Wildman–Crippen MR) is 129 cm³/mol. The third-order valence-electron chi connectivity index (χ3n) is 4.74. The maximum atomic E-state index is 12.5. The Morgan fingerprint density at radius 3 is 2.70 bits per heavy atom. The molecule has 0 saturated heterocycles. The van der Waals surface area contributed by atoms with Crippen molar-refractivity contribution in [3.8, 4) is 5.75 Å². The number of halogens is 2. The van der Waals surface area contributed by atoms with Gasteiger partial charge >= 0.3 is 0 Å². The van der Waals surface area contributed by atoms with Gasteiger partial charge in [-0.1, -0.05) is 41.0 Å². The molecule has 1 N–H and O–H groups in total. The van der Waals surface area contributed by atoms with Crippen molar-refractivity contribution >= 4 is 46.6 Å². The van der Waals surface area contributed by atoms with Gasteiger partial charge < -0.3 is 14.5 Å². The Kier molecular flexibility index (Phi) is 7.59. The second-order valence-corrected chi connectivity index (χ2v) is 8.84. The van der Waals surface area contributed by atoms with Crippen LogP contribution >= 0.6 is 35.0 Å². The molecule has 7 nitrogen and oxygen atoms in total. The van der Waals surface area contributed by atoms with Crippen LogP contribution in [0.15, 0.2) is 70.4 Å². The molecule has 0 aliphatic rings. The van der Waals surface area contributed by atoms with Gasteiger partial charge in [-0.25, -0.2) is 0 Å². The van der Waals surface area contributed by atoms with E-state index in [4.69, 9.17) is 32.4 Å². The summed E-state index contributed by atoms with van der Waals surface area (Å²) in [5, 5.41) is 13.2. The highest BCUT2D eigenvalue weighted by Gasteiger charge is 2.17. The van der Waals surface area contributed by atoms with Gasteiger partial charge in [-0.05, 0) is 61.0 Å². The number of carbonyl (C=O) groups excluding carboxylic acids is 1. The van der Waals surface area contributed by atoms with E-state index in [0.29, 0.717) is 39.0 Å². The monoisotopic (exact) mass is 502 g/mol. The highest BCUT2D eigenvalue weighted by molar-refractivity contribution is 7.99. The fourth-order valence-electron chi connectivity index (χ4n) is 2.99. The van der Waals surface area contributed by atoms with Gasteiger partial charge in [0.05, 0.1) is 18.6 Å². The van der Waals surface area contributed by atoms with Crippen LogP contribution in [0.1, 0.15) is 17.1 Å². The summed E-state index contributed by atoms with van der Waals surface area (Å²) in [6.07, 6.45) is 1.61. The molecule has 0 spiro atoms. The van der Waals surface area contributed by atoms with Gasteiger partial charge in [0.1, 0.15) is 18.1 Å². The number of hydrogen-bond donors (Lipinski definition) is 1. The number of rotatable bonds is 9. The van der Waals surface area contributed by atoms with E-state index >= 15 is 0 Å². The molecule has 33 heavy (non-hydrogen) atoms. The van der Waals surface area contributed by atoms with Crippen molar-refractivity contribution in [1.29, 1.82) is 0 Å². The topological polar surface area (TPSA) is 82.2 Å². The van der Waals surface area contributed by atoms with Crippen LogP contribution in [0, 0.1) is 6.92 Å². The summed E-state index contributed by atoms with van der Waals surface area (Å²) >= 11 is 13.3. The van der Waals surface area contributed by atoms with Crippen LogP contribution in [-0.2, 0) is 17.9 Å². The number of benzene rings is 2. The number of nitrogens with one attached hydrogen (secondary N) is 1. The molecule has 0 bridgehead atoms. The highest BCUT2D eigenvalue weighted by Crippen LogP contribution is 2.25. The maximum absolute atomic E-state index is 12.5. The first-order valence-electron chi connectivity index (χ1n) is 10.00. The van der Waals surface area contributed by atoms with Crippen LogP contribution in [0.2, 0.25) is 10.0 Å². The zero-order valence-electron chi connectivity index (χ0n) is 17.6. The molecule has 0 aliphatic carbocycles. The van der Waals surface area contributed by atoms with Gasteiger partial charge in [-0.3, -0.25) is 9.36 Å². The van der Waals surface area contributed by atoms with Gasteiger partial charge in [0, 0.05) is 15.7 Å². The summed E-state index contributed by atoms with van der Waals surface area (Å²) in [4.78, 5) is 12.5. The van der Waals surface area contributed by atoms with Gasteiger partial charge in [0.2, 0.25) is 5.91 Å². The third-order valence-corrected chi connectivity index (χ3v) is 6.37. The molecule has 0 saturated carbocycles. The average Bonchev–Trinajstić information content (AvgIpc) is 3.46. The van der Waals surface area contributed by atoms with E-state index in [1.807, 2.05) is 29.7 Å². The van der Waals surface area contributed by atoms with Crippen LogP contribution in [0.3, 0.4) is 0 Å². The van der Waals surface area contributed by atoms with Crippen LogP contribution in [-0.4, -0.2) is 26.4 Å². The van der Waals surface area contributed by atoms with Crippen molar-refractivity contribution in [3.05, 3.63) is 88.1 Å². The largest absolute Gasteiger partial charge is 0.486 e. The number of anilines is 1. The van der Waals surface area contributed by atoms with E-state index in [1.165, 1.54) is 11.8 Å². The maximum Gasteiger partial charge on any atom is 0.234 e. The molecule has 0 aliphatic heterocycles. The first-order valence-corrected chi connectivity index (χ1v) is 11.7. The Hall–Kier alpha value is -2.94. The first-order chi connectivity index (χ1) is 16.0. The smallest absolute Gasteiger partial charge is 0.234 e. The number of ether oxygens (including phenoxy) is 1. The standard InChI is InChI=1S/C23H20Cl2N4O3S/c1-15-19(25)5-2-6-20(15)26-22(30)14-33-23-28-27-21(29(23)12-18-4-3-11-31-18)13-32-17-9-7-16(24)8-10-17/h2-11H,12-14H2,1H3,(H,26,30). The molecule has 10 heteroatoms. The fraction of sp³-hybridized carbons (Fsp3) is 0.174. The number of aromatic nitrogens is 3. The van der Waals surface area contributed by atoms with Crippen molar-refractivity contribution in [2.45, 2.75) is 25.2 Å². The third kappa shape index (κ3) is 6.10. The minimum Gasteiger partial charge on any atom is -0.486 e. The molecular formula is C23H20Cl2N4O3S. The summed E-state index contributed by atoms with van der Waals surface area (Å²) in [6, 6.07) is 16.2. The number of nitrogens with zero attached hydrogens (tertiary/aromatic N) is 3. The van der Waals surface area contributed by atoms with Gasteiger partial charge in [0.25, 0.3) is 0 Å². The first kappa shape index (κ1) is 23.2. The summed E-state index contributed by atoms with van der Waals surface area (Å²) in [7, 11) is 0. The second-order valence-electron chi connectivity index (χ2n) is 7.06. The molecular weight excluding hydrogens is 483 g/mol. The van der Waals surface area contributed by atoms with E-state index in [2.05, 4.69) is 15.5 Å². The number of carbonyl (C=O) groups is 1. The lowest BCUT2D eigenvalue weighted by Gasteiger charge is -2.11. The zero-order valence-corrected chi connectivity index (χ0v) is 20.0. The molecule has 2 heterocycles. The van der Waals surface area contributed by atoms with Crippen LogP contribution in [0.5, 0.6) is 5.75 Å². The summed E-state index contributed by atoms with van der Waals surface area (Å²) in [6.45, 7) is 2.47. The molecule has 4 rings (SSSR count). The van der Waals surface area contributed by atoms with E-state index < -0.39 is 0 Å². The van der Waals surface area contributed by atoms with E-state index in [-0.39, 0.29) is 18.3 Å². The number of furan rings is 1. The summed E-state index contributed by atoms with van der Waals surface area (Å²) in [5.74, 6) is 1.99. The molecule has 0 fully saturated rings. The molecule has 2 aromatic heterocycles. The quantitative estimate of drug-likeness (QED) is 0.289. The lowest BCUT2D eigenvalue weighted by atomic mass is 10.2. The van der Waals surface area contributed by atoms with E-state index in [9.17, 15) is 4.79 Å². The number of thioether (sulfide) groups is 1. The molecule has 2 aromatic carbocycles. The second kappa shape index (κ2) is 10.8. The molecule has 0 atom stereocenters. The lowest BCUT2D eigenvalue weighted by Crippen LogP contribution is -2.16. The number of hydrogen-bond acceptors (Lipinski definition) is 6. The van der Waals surface area contributed by atoms with Crippen LogP contribution in [0.4, 0.5) is 5.69 Å². The minimum atomic E-state index is -0.170. The SMILES string of the molecule is Cc1c(Cl)cccc1NC(=O)CSc1nnc(COc2ccc(Cl)cc2)n1Cc1ccco1. The summed E-state index contributed by atoms with van der Waals surface area (Å²) < 4.78 is 13.2. The van der Waals surface area contributed by atoms with Crippen molar-refractivity contribution in [2.75, 3.05) is 11.1 Å². The summed E-state index contributed by atoms with van der Waals surface area (Å²) in [5.41, 5.74) is 1.50. The Morgan fingerprint density at radius 1 is 1.12 bits per heavy atom. The Bertz CT molecular complexity index is 1230. The lowest BCUT2D eigenvalue weighted by molar-refractivity contribution is -0.113. The highest BCUT2D eigenvalue weighted by atomic mass is 35.5. The van der Waals surface area contributed by atoms with Gasteiger partial charge in [0.15, 0.2) is 11.0 Å². The molecule has 170 valence electrons. The van der Waals surface area contributed by atoms with E-state index in [0.717, 1.165) is 11.3 Å². The fourth-order valence-corrected chi connectivity index (χ4v) is 4.04. The minimum absolute atomic E-state index is 0.153. The van der Waals surface area contributed by atoms with Crippen molar-refractivity contribution < 1.29 is 13.9 Å². The predicted octanol–water partition coefficient (Wildman–Crippen LogP) is 5.84.